The molecular formula is C21H19FN4. The first-order chi connectivity index (χ1) is 12.7. The van der Waals surface area contributed by atoms with Crippen molar-refractivity contribution in [2.45, 2.75) is 37.1 Å². The van der Waals surface area contributed by atoms with Crippen LogP contribution >= 0.6 is 0 Å². The lowest BCUT2D eigenvalue weighted by atomic mass is 9.68. The topological polar surface area (TPSA) is 55.7 Å². The Hall–Kier alpha value is -2.87. The molecule has 2 aliphatic heterocycles. The van der Waals surface area contributed by atoms with Crippen molar-refractivity contribution in [3.05, 3.63) is 59.7 Å². The third-order valence-corrected chi connectivity index (χ3v) is 5.94. The zero-order valence-corrected chi connectivity index (χ0v) is 14.4. The maximum atomic E-state index is 14.7. The predicted octanol–water partition coefficient (Wildman–Crippen LogP) is 4.08. The Morgan fingerprint density at radius 3 is 2.92 bits per heavy atom. The number of aromatic nitrogens is 2. The van der Waals surface area contributed by atoms with Crippen LogP contribution in [0.5, 0.6) is 0 Å². The number of nitriles is 1. The minimum absolute atomic E-state index is 0.0103. The Balaban J connectivity index is 1.74. The second-order valence-corrected chi connectivity index (χ2v) is 7.30. The van der Waals surface area contributed by atoms with E-state index in [-0.39, 0.29) is 11.9 Å². The molecule has 1 aromatic heterocycles. The lowest BCUT2D eigenvalue weighted by Gasteiger charge is -2.49. The fourth-order valence-electron chi connectivity index (χ4n) is 4.69. The molecule has 26 heavy (non-hydrogen) atoms. The van der Waals surface area contributed by atoms with Crippen LogP contribution in [0.25, 0.3) is 11.0 Å². The van der Waals surface area contributed by atoms with E-state index < -0.39 is 5.41 Å². The van der Waals surface area contributed by atoms with Gasteiger partial charge >= 0.3 is 0 Å². The predicted molar refractivity (Wildman–Crippen MR) is 98.5 cm³/mol. The number of para-hydroxylation sites is 2. The average molecular weight is 346 g/mol. The van der Waals surface area contributed by atoms with Crippen molar-refractivity contribution in [3.63, 3.8) is 0 Å². The molecule has 1 N–H and O–H groups in total. The number of aromatic amines is 1. The molecule has 0 spiro atoms. The number of imidazole rings is 1. The molecule has 0 radical (unpaired) electrons. The van der Waals surface area contributed by atoms with E-state index in [2.05, 4.69) is 16.0 Å². The number of H-pyrrole nitrogens is 1. The molecular weight excluding hydrogens is 327 g/mol. The lowest BCUT2D eigenvalue weighted by molar-refractivity contribution is 0.310. The number of benzene rings is 2. The van der Waals surface area contributed by atoms with E-state index in [1.54, 1.807) is 6.07 Å². The van der Waals surface area contributed by atoms with Crippen molar-refractivity contribution >= 4 is 16.7 Å². The molecule has 3 aromatic rings. The number of rotatable bonds is 1. The molecule has 2 aliphatic rings. The monoisotopic (exact) mass is 346 g/mol. The van der Waals surface area contributed by atoms with E-state index in [1.807, 2.05) is 30.3 Å². The Morgan fingerprint density at radius 2 is 2.08 bits per heavy atom. The van der Waals surface area contributed by atoms with Crippen LogP contribution < -0.4 is 4.90 Å². The molecule has 4 nitrogen and oxygen atoms in total. The van der Waals surface area contributed by atoms with Gasteiger partial charge in [-0.2, -0.15) is 5.26 Å². The highest BCUT2D eigenvalue weighted by molar-refractivity contribution is 5.75. The van der Waals surface area contributed by atoms with Gasteiger partial charge in [-0.25, -0.2) is 9.37 Å². The number of piperidine rings is 1. The molecule has 5 heteroatoms. The lowest BCUT2D eigenvalue weighted by Crippen LogP contribution is -2.57. The van der Waals surface area contributed by atoms with E-state index in [0.29, 0.717) is 17.8 Å². The van der Waals surface area contributed by atoms with E-state index in [0.717, 1.165) is 42.5 Å². The van der Waals surface area contributed by atoms with Crippen molar-refractivity contribution in [1.29, 1.82) is 5.26 Å². The Labute approximate surface area is 151 Å². The van der Waals surface area contributed by atoms with Gasteiger partial charge in [0.1, 0.15) is 17.1 Å². The van der Waals surface area contributed by atoms with Crippen molar-refractivity contribution < 1.29 is 4.39 Å². The summed E-state index contributed by atoms with van der Waals surface area (Å²) in [7, 11) is 0. The summed E-state index contributed by atoms with van der Waals surface area (Å²) < 4.78 is 14.7. The molecule has 0 unspecified atom stereocenters. The molecule has 5 rings (SSSR count). The quantitative estimate of drug-likeness (QED) is 0.722. The summed E-state index contributed by atoms with van der Waals surface area (Å²) in [6.45, 7) is 0.852. The summed E-state index contributed by atoms with van der Waals surface area (Å²) >= 11 is 0. The fraction of sp³-hybridized carbons (Fsp3) is 0.333. The van der Waals surface area contributed by atoms with Crippen LogP contribution in [0.2, 0.25) is 0 Å². The second-order valence-electron chi connectivity index (χ2n) is 7.30. The van der Waals surface area contributed by atoms with Gasteiger partial charge in [-0.05, 0) is 43.5 Å². The Bertz CT molecular complexity index is 1000. The van der Waals surface area contributed by atoms with Gasteiger partial charge in [0.25, 0.3) is 0 Å². The fourth-order valence-corrected chi connectivity index (χ4v) is 4.69. The summed E-state index contributed by atoms with van der Waals surface area (Å²) in [4.78, 5) is 10.3. The zero-order chi connectivity index (χ0) is 17.7. The molecule has 0 saturated carbocycles. The van der Waals surface area contributed by atoms with Gasteiger partial charge in [-0.15, -0.1) is 0 Å². The number of halogens is 1. The van der Waals surface area contributed by atoms with Crippen LogP contribution in [0, 0.1) is 17.1 Å². The van der Waals surface area contributed by atoms with Crippen LogP contribution in [0.15, 0.2) is 42.5 Å². The first-order valence-corrected chi connectivity index (χ1v) is 9.13. The molecule has 0 amide bonds. The van der Waals surface area contributed by atoms with Gasteiger partial charge < -0.3 is 9.88 Å². The number of nitrogens with zero attached hydrogens (tertiary/aromatic N) is 3. The first kappa shape index (κ1) is 15.4. The summed E-state index contributed by atoms with van der Waals surface area (Å²) in [5.41, 5.74) is 2.47. The standard InChI is InChI=1S/C21H19FN4/c22-15-6-5-9-18-14(15)12-21(13-23,19-10-3-4-11-26(18)19)20-24-16-7-1-2-8-17(16)25-20/h1-2,5-9,19H,3-4,10-12H2,(H,24,25)/t19-,21-/m1/s1. The van der Waals surface area contributed by atoms with Crippen LogP contribution in [0.4, 0.5) is 10.1 Å². The SMILES string of the molecule is N#C[C@]1(c2nc3ccccc3[nH]2)Cc2c(F)cccc2N2CCCC[C@@H]21. The molecule has 2 aromatic carbocycles. The molecule has 2 atom stereocenters. The number of hydrogen-bond acceptors (Lipinski definition) is 3. The van der Waals surface area contributed by atoms with Gasteiger partial charge in [0.2, 0.25) is 0 Å². The van der Waals surface area contributed by atoms with E-state index in [1.165, 1.54) is 6.07 Å². The summed E-state index contributed by atoms with van der Waals surface area (Å²) in [5, 5.41) is 10.3. The summed E-state index contributed by atoms with van der Waals surface area (Å²) in [6, 6.07) is 15.6. The number of fused-ring (bicyclic) bond motifs is 4. The highest BCUT2D eigenvalue weighted by atomic mass is 19.1. The number of hydrogen-bond donors (Lipinski definition) is 1. The third kappa shape index (κ3) is 2.02. The van der Waals surface area contributed by atoms with Gasteiger partial charge in [-0.1, -0.05) is 18.2 Å². The van der Waals surface area contributed by atoms with E-state index >= 15 is 0 Å². The highest BCUT2D eigenvalue weighted by Crippen LogP contribution is 2.46. The van der Waals surface area contributed by atoms with Crippen molar-refractivity contribution in [2.24, 2.45) is 0 Å². The summed E-state index contributed by atoms with van der Waals surface area (Å²) in [6.07, 6.45) is 3.41. The van der Waals surface area contributed by atoms with Crippen LogP contribution in [-0.2, 0) is 11.8 Å². The van der Waals surface area contributed by atoms with E-state index in [4.69, 9.17) is 4.98 Å². The maximum absolute atomic E-state index is 14.7. The van der Waals surface area contributed by atoms with Crippen molar-refractivity contribution in [3.8, 4) is 6.07 Å². The minimum Gasteiger partial charge on any atom is -0.366 e. The van der Waals surface area contributed by atoms with Crippen LogP contribution in [0.1, 0.15) is 30.7 Å². The number of nitrogens with one attached hydrogen (secondary N) is 1. The molecule has 1 saturated heterocycles. The molecule has 1 fully saturated rings. The van der Waals surface area contributed by atoms with Crippen molar-refractivity contribution in [2.75, 3.05) is 11.4 Å². The van der Waals surface area contributed by atoms with Crippen LogP contribution in [0.3, 0.4) is 0 Å². The zero-order valence-electron chi connectivity index (χ0n) is 14.4. The molecule has 0 bridgehead atoms. The highest BCUT2D eigenvalue weighted by Gasteiger charge is 2.51. The molecule has 3 heterocycles. The Kier molecular flexibility index (Phi) is 3.30. The average Bonchev–Trinajstić information content (AvgIpc) is 3.12. The largest absolute Gasteiger partial charge is 0.366 e. The van der Waals surface area contributed by atoms with Crippen molar-refractivity contribution in [1.82, 2.24) is 9.97 Å². The van der Waals surface area contributed by atoms with Gasteiger partial charge in [-0.3, -0.25) is 0 Å². The van der Waals surface area contributed by atoms with Gasteiger partial charge in [0.15, 0.2) is 0 Å². The minimum atomic E-state index is -0.866. The number of anilines is 1. The van der Waals surface area contributed by atoms with Crippen LogP contribution in [-0.4, -0.2) is 22.6 Å². The molecule has 130 valence electrons. The Morgan fingerprint density at radius 1 is 1.19 bits per heavy atom. The van der Waals surface area contributed by atoms with Gasteiger partial charge in [0.05, 0.1) is 23.1 Å². The summed E-state index contributed by atoms with van der Waals surface area (Å²) in [5.74, 6) is 0.425. The maximum Gasteiger partial charge on any atom is 0.139 e. The van der Waals surface area contributed by atoms with E-state index in [9.17, 15) is 9.65 Å². The second kappa shape index (κ2) is 5.57. The third-order valence-electron chi connectivity index (χ3n) is 5.94. The first-order valence-electron chi connectivity index (χ1n) is 9.13. The molecule has 0 aliphatic carbocycles. The normalized spacial score (nSPS) is 24.8. The smallest absolute Gasteiger partial charge is 0.139 e. The van der Waals surface area contributed by atoms with Gasteiger partial charge in [0, 0.05) is 24.2 Å².